The molecule has 0 amide bonds. The number of hydrogen-bond acceptors (Lipinski definition) is 2. The van der Waals surface area contributed by atoms with Gasteiger partial charge in [0, 0.05) is 13.1 Å². The van der Waals surface area contributed by atoms with Gasteiger partial charge in [0.15, 0.2) is 0 Å². The fourth-order valence-corrected chi connectivity index (χ4v) is 1.08. The van der Waals surface area contributed by atoms with E-state index in [1.807, 2.05) is 0 Å². The molecule has 0 bridgehead atoms. The van der Waals surface area contributed by atoms with Gasteiger partial charge in [0.05, 0.1) is 10.0 Å². The maximum atomic E-state index is 5.79. The van der Waals surface area contributed by atoms with Crippen molar-refractivity contribution in [3.05, 3.63) is 28.2 Å². The molecule has 0 saturated carbocycles. The van der Waals surface area contributed by atoms with Gasteiger partial charge in [-0.05, 0) is 12.1 Å². The van der Waals surface area contributed by atoms with Gasteiger partial charge in [-0.3, -0.25) is 4.99 Å². The molecule has 1 rings (SSSR count). The van der Waals surface area contributed by atoms with Crippen LogP contribution in [0.3, 0.4) is 0 Å². The summed E-state index contributed by atoms with van der Waals surface area (Å²) in [5, 5.41) is 0.951. The summed E-state index contributed by atoms with van der Waals surface area (Å²) in [6.07, 6.45) is 0. The Kier molecular flexibility index (Phi) is 6.48. The summed E-state index contributed by atoms with van der Waals surface area (Å²) in [5.74, 6) is 1.04. The van der Waals surface area contributed by atoms with Crippen molar-refractivity contribution in [2.45, 2.75) is 0 Å². The van der Waals surface area contributed by atoms with E-state index in [9.17, 15) is 0 Å². The highest BCUT2D eigenvalue weighted by molar-refractivity contribution is 6.42. The molecular weight excluding hydrogens is 258 g/mol. The standard InChI is InChI=1S/C9H10Cl2N2O.ClH/c1-13-9(12)5-14-6-2-3-7(10)8(11)4-6;/h2-4H,5H2,1H3,(H2,12,13);1H. The number of nitrogens with two attached hydrogens (primary N) is 1. The van der Waals surface area contributed by atoms with Gasteiger partial charge in [0.1, 0.15) is 18.2 Å². The number of nitrogens with zero attached hydrogens (tertiary/aromatic N) is 1. The molecule has 0 atom stereocenters. The van der Waals surface area contributed by atoms with E-state index in [2.05, 4.69) is 4.99 Å². The van der Waals surface area contributed by atoms with Crippen LogP contribution >= 0.6 is 35.6 Å². The molecule has 0 aliphatic carbocycles. The van der Waals surface area contributed by atoms with Gasteiger partial charge >= 0.3 is 0 Å². The monoisotopic (exact) mass is 268 g/mol. The summed E-state index contributed by atoms with van der Waals surface area (Å²) in [6.45, 7) is 0.245. The molecule has 1 aromatic rings. The number of ether oxygens (including phenoxy) is 1. The van der Waals surface area contributed by atoms with Gasteiger partial charge < -0.3 is 10.5 Å². The Morgan fingerprint density at radius 2 is 2.07 bits per heavy atom. The van der Waals surface area contributed by atoms with Crippen molar-refractivity contribution in [1.29, 1.82) is 0 Å². The molecule has 6 heteroatoms. The first kappa shape index (κ1) is 14.4. The highest BCUT2D eigenvalue weighted by atomic mass is 35.5. The maximum absolute atomic E-state index is 5.79. The molecule has 0 spiro atoms. The average Bonchev–Trinajstić information content (AvgIpc) is 2.19. The van der Waals surface area contributed by atoms with Crippen LogP contribution in [0.1, 0.15) is 0 Å². The first-order chi connectivity index (χ1) is 6.63. The second-order valence-electron chi connectivity index (χ2n) is 2.58. The van der Waals surface area contributed by atoms with Gasteiger partial charge in [-0.1, -0.05) is 23.2 Å². The molecule has 0 fully saturated rings. The lowest BCUT2D eigenvalue weighted by Gasteiger charge is -2.05. The number of aliphatic imine (C=N–C) groups is 1. The summed E-state index contributed by atoms with van der Waals surface area (Å²) in [4.78, 5) is 3.75. The Bertz CT molecular complexity index is 355. The number of halogens is 3. The molecule has 3 nitrogen and oxygen atoms in total. The summed E-state index contributed by atoms with van der Waals surface area (Å²) in [5.41, 5.74) is 5.45. The maximum Gasteiger partial charge on any atom is 0.145 e. The van der Waals surface area contributed by atoms with E-state index in [-0.39, 0.29) is 19.0 Å². The molecule has 0 aromatic heterocycles. The van der Waals surface area contributed by atoms with Crippen LogP contribution in [-0.4, -0.2) is 19.5 Å². The highest BCUT2D eigenvalue weighted by Gasteiger charge is 2.00. The van der Waals surface area contributed by atoms with Crippen LogP contribution in [0.15, 0.2) is 23.2 Å². The van der Waals surface area contributed by atoms with E-state index in [0.717, 1.165) is 0 Å². The largest absolute Gasteiger partial charge is 0.486 e. The highest BCUT2D eigenvalue weighted by Crippen LogP contribution is 2.26. The minimum atomic E-state index is 0. The Hall–Kier alpha value is -0.640. The van der Waals surface area contributed by atoms with E-state index in [4.69, 9.17) is 33.7 Å². The van der Waals surface area contributed by atoms with Crippen molar-refractivity contribution < 1.29 is 4.74 Å². The van der Waals surface area contributed by atoms with Crippen LogP contribution < -0.4 is 10.5 Å². The topological polar surface area (TPSA) is 47.6 Å². The third-order valence-electron chi connectivity index (χ3n) is 1.56. The summed E-state index contributed by atoms with van der Waals surface area (Å²) < 4.78 is 5.30. The molecule has 0 saturated heterocycles. The molecular formula is C9H11Cl3N2O. The van der Waals surface area contributed by atoms with Crippen molar-refractivity contribution in [3.63, 3.8) is 0 Å². The molecule has 15 heavy (non-hydrogen) atoms. The number of hydrogen-bond donors (Lipinski definition) is 1. The Morgan fingerprint density at radius 3 is 2.60 bits per heavy atom. The molecule has 0 aliphatic rings. The van der Waals surface area contributed by atoms with Crippen molar-refractivity contribution in [2.24, 2.45) is 10.7 Å². The SMILES string of the molecule is CN=C(N)COc1ccc(Cl)c(Cl)c1.Cl. The van der Waals surface area contributed by atoms with Crippen LogP contribution in [-0.2, 0) is 0 Å². The summed E-state index contributed by atoms with van der Waals surface area (Å²) >= 11 is 11.5. The lowest BCUT2D eigenvalue weighted by Crippen LogP contribution is -2.20. The molecule has 1 aromatic carbocycles. The molecule has 0 aliphatic heterocycles. The van der Waals surface area contributed by atoms with Crippen LogP contribution in [0, 0.1) is 0 Å². The molecule has 2 N–H and O–H groups in total. The van der Waals surface area contributed by atoms with E-state index in [1.165, 1.54) is 0 Å². The van der Waals surface area contributed by atoms with E-state index >= 15 is 0 Å². The number of amidine groups is 1. The lowest BCUT2D eigenvalue weighted by atomic mass is 10.3. The molecule has 84 valence electrons. The van der Waals surface area contributed by atoms with Crippen molar-refractivity contribution in [1.82, 2.24) is 0 Å². The molecule has 0 unspecified atom stereocenters. The summed E-state index contributed by atoms with van der Waals surface area (Å²) in [6, 6.07) is 5.02. The van der Waals surface area contributed by atoms with E-state index in [1.54, 1.807) is 25.2 Å². The zero-order chi connectivity index (χ0) is 10.6. The van der Waals surface area contributed by atoms with E-state index < -0.39 is 0 Å². The Balaban J connectivity index is 0.00000196. The van der Waals surface area contributed by atoms with Gasteiger partial charge in [-0.25, -0.2) is 0 Å². The van der Waals surface area contributed by atoms with Gasteiger partial charge in [-0.15, -0.1) is 12.4 Å². The van der Waals surface area contributed by atoms with Crippen LogP contribution in [0.5, 0.6) is 5.75 Å². The zero-order valence-corrected chi connectivity index (χ0v) is 10.4. The number of rotatable bonds is 3. The smallest absolute Gasteiger partial charge is 0.145 e. The minimum Gasteiger partial charge on any atom is -0.486 e. The average molecular weight is 270 g/mol. The van der Waals surface area contributed by atoms with Gasteiger partial charge in [0.2, 0.25) is 0 Å². The zero-order valence-electron chi connectivity index (χ0n) is 8.04. The first-order valence-corrected chi connectivity index (χ1v) is 4.68. The quantitative estimate of drug-likeness (QED) is 0.677. The second kappa shape index (κ2) is 6.77. The third-order valence-corrected chi connectivity index (χ3v) is 2.30. The van der Waals surface area contributed by atoms with Crippen LogP contribution in [0.4, 0.5) is 0 Å². The second-order valence-corrected chi connectivity index (χ2v) is 3.39. The molecule has 0 radical (unpaired) electrons. The normalized spacial score (nSPS) is 10.7. The van der Waals surface area contributed by atoms with E-state index in [0.29, 0.717) is 21.6 Å². The predicted molar refractivity (Wildman–Crippen MR) is 66.8 cm³/mol. The molecule has 0 heterocycles. The Labute approximate surface area is 105 Å². The van der Waals surface area contributed by atoms with Crippen LogP contribution in [0.2, 0.25) is 10.0 Å². The van der Waals surface area contributed by atoms with Crippen LogP contribution in [0.25, 0.3) is 0 Å². The first-order valence-electron chi connectivity index (χ1n) is 3.92. The fourth-order valence-electron chi connectivity index (χ4n) is 0.788. The Morgan fingerprint density at radius 1 is 1.40 bits per heavy atom. The van der Waals surface area contributed by atoms with Crippen molar-refractivity contribution in [2.75, 3.05) is 13.7 Å². The van der Waals surface area contributed by atoms with Crippen molar-refractivity contribution in [3.8, 4) is 5.75 Å². The van der Waals surface area contributed by atoms with Gasteiger partial charge in [0.25, 0.3) is 0 Å². The van der Waals surface area contributed by atoms with Gasteiger partial charge in [-0.2, -0.15) is 0 Å². The summed E-state index contributed by atoms with van der Waals surface area (Å²) in [7, 11) is 1.60. The van der Waals surface area contributed by atoms with Crippen molar-refractivity contribution >= 4 is 41.4 Å². The predicted octanol–water partition coefficient (Wildman–Crippen LogP) is 2.78. The lowest BCUT2D eigenvalue weighted by molar-refractivity contribution is 0.375. The minimum absolute atomic E-state index is 0. The fraction of sp³-hybridized carbons (Fsp3) is 0.222. The third kappa shape index (κ3) is 4.60. The number of benzene rings is 1.